The third-order valence-corrected chi connectivity index (χ3v) is 7.92. The van der Waals surface area contributed by atoms with Crippen molar-refractivity contribution in [3.63, 3.8) is 0 Å². The molecule has 0 saturated carbocycles. The molecule has 3 heterocycles. The molecule has 1 aromatic heterocycles. The predicted octanol–water partition coefficient (Wildman–Crippen LogP) is 2.60. The van der Waals surface area contributed by atoms with Crippen molar-refractivity contribution >= 4 is 21.5 Å². The van der Waals surface area contributed by atoms with E-state index in [2.05, 4.69) is 10.2 Å². The number of fused-ring (bicyclic) bond motifs is 1. The lowest BCUT2D eigenvalue weighted by Crippen LogP contribution is -2.49. The highest BCUT2D eigenvalue weighted by Crippen LogP contribution is 2.35. The van der Waals surface area contributed by atoms with E-state index in [-0.39, 0.29) is 30.5 Å². The molecule has 0 aliphatic carbocycles. The average Bonchev–Trinajstić information content (AvgIpc) is 3.32. The molecular formula is C22H21N5O6S. The maximum absolute atomic E-state index is 13.1. The predicted molar refractivity (Wildman–Crippen MR) is 122 cm³/mol. The Bertz CT molecular complexity index is 1350. The van der Waals surface area contributed by atoms with E-state index in [1.807, 2.05) is 35.2 Å². The smallest absolute Gasteiger partial charge is 0.270 e. The zero-order valence-electron chi connectivity index (χ0n) is 18.2. The highest BCUT2D eigenvalue weighted by atomic mass is 32.2. The van der Waals surface area contributed by atoms with E-state index >= 15 is 0 Å². The van der Waals surface area contributed by atoms with Gasteiger partial charge in [0.05, 0.1) is 15.5 Å². The first-order valence-electron chi connectivity index (χ1n) is 10.6. The van der Waals surface area contributed by atoms with Crippen LogP contribution >= 0.6 is 0 Å². The van der Waals surface area contributed by atoms with Gasteiger partial charge in [-0.25, -0.2) is 8.42 Å². The van der Waals surface area contributed by atoms with Crippen molar-refractivity contribution in [2.45, 2.75) is 11.8 Å². The van der Waals surface area contributed by atoms with E-state index in [4.69, 9.17) is 9.47 Å². The van der Waals surface area contributed by atoms with Crippen LogP contribution < -0.4 is 14.4 Å². The molecule has 0 N–H and O–H groups in total. The standard InChI is InChI=1S/C22H21N5O6S/c1-15-2-4-17(27(28)29)13-21(15)34(30,31)26-10-8-25(9-11-26)22-7-5-18(23-24-22)16-3-6-19-20(12-16)33-14-32-19/h2-7,12-13H,8-11,14H2,1H3. The Hall–Kier alpha value is -3.77. The summed E-state index contributed by atoms with van der Waals surface area (Å²) in [6, 6.07) is 13.2. The van der Waals surface area contributed by atoms with Crippen molar-refractivity contribution in [1.82, 2.24) is 14.5 Å². The van der Waals surface area contributed by atoms with Gasteiger partial charge in [0.25, 0.3) is 5.69 Å². The topological polar surface area (TPSA) is 128 Å². The van der Waals surface area contributed by atoms with Crippen LogP contribution in [-0.2, 0) is 10.0 Å². The van der Waals surface area contributed by atoms with Crippen LogP contribution in [0.25, 0.3) is 11.3 Å². The van der Waals surface area contributed by atoms with Crippen LogP contribution in [0.1, 0.15) is 5.56 Å². The molecule has 0 atom stereocenters. The van der Waals surface area contributed by atoms with Crippen LogP contribution in [0.2, 0.25) is 0 Å². The van der Waals surface area contributed by atoms with Gasteiger partial charge in [-0.2, -0.15) is 4.31 Å². The zero-order chi connectivity index (χ0) is 23.9. The van der Waals surface area contributed by atoms with Gasteiger partial charge in [-0.15, -0.1) is 10.2 Å². The first kappa shape index (κ1) is 22.0. The van der Waals surface area contributed by atoms with E-state index in [0.717, 1.165) is 11.6 Å². The summed E-state index contributed by atoms with van der Waals surface area (Å²) in [6.07, 6.45) is 0. The Morgan fingerprint density at radius 1 is 0.941 bits per heavy atom. The Morgan fingerprint density at radius 2 is 1.71 bits per heavy atom. The van der Waals surface area contributed by atoms with Crippen LogP contribution in [0.15, 0.2) is 53.4 Å². The Morgan fingerprint density at radius 3 is 2.41 bits per heavy atom. The van der Waals surface area contributed by atoms with Crippen molar-refractivity contribution in [1.29, 1.82) is 0 Å². The lowest BCUT2D eigenvalue weighted by molar-refractivity contribution is -0.385. The molecule has 1 fully saturated rings. The fourth-order valence-corrected chi connectivity index (χ4v) is 5.65. The molecule has 5 rings (SSSR count). The normalized spacial score (nSPS) is 16.0. The molecular weight excluding hydrogens is 462 g/mol. The maximum Gasteiger partial charge on any atom is 0.270 e. The van der Waals surface area contributed by atoms with E-state index in [9.17, 15) is 18.5 Å². The molecule has 12 heteroatoms. The fourth-order valence-electron chi connectivity index (χ4n) is 3.98. The summed E-state index contributed by atoms with van der Waals surface area (Å²) in [5.74, 6) is 2.01. The van der Waals surface area contributed by atoms with Gasteiger partial charge in [-0.05, 0) is 42.8 Å². The number of sulfonamides is 1. The van der Waals surface area contributed by atoms with Crippen molar-refractivity contribution in [2.75, 3.05) is 37.9 Å². The van der Waals surface area contributed by atoms with E-state index in [1.165, 1.54) is 16.4 Å². The van der Waals surface area contributed by atoms with Crippen LogP contribution in [0.4, 0.5) is 11.5 Å². The third-order valence-electron chi connectivity index (χ3n) is 5.88. The summed E-state index contributed by atoms with van der Waals surface area (Å²) < 4.78 is 38.4. The van der Waals surface area contributed by atoms with Gasteiger partial charge >= 0.3 is 0 Å². The number of rotatable bonds is 5. The number of aromatic nitrogens is 2. The molecule has 3 aromatic rings. The highest BCUT2D eigenvalue weighted by molar-refractivity contribution is 7.89. The summed E-state index contributed by atoms with van der Waals surface area (Å²) in [5.41, 5.74) is 1.76. The van der Waals surface area contributed by atoms with E-state index in [0.29, 0.717) is 41.7 Å². The van der Waals surface area contributed by atoms with Gasteiger partial charge in [-0.3, -0.25) is 10.1 Å². The van der Waals surface area contributed by atoms with Crippen LogP contribution in [0, 0.1) is 17.0 Å². The van der Waals surface area contributed by atoms with Crippen molar-refractivity contribution < 1.29 is 22.8 Å². The zero-order valence-corrected chi connectivity index (χ0v) is 19.1. The minimum Gasteiger partial charge on any atom is -0.454 e. The van der Waals surface area contributed by atoms with Gasteiger partial charge in [0, 0.05) is 43.9 Å². The molecule has 1 saturated heterocycles. The van der Waals surface area contributed by atoms with E-state index in [1.54, 1.807) is 6.92 Å². The first-order valence-corrected chi connectivity index (χ1v) is 12.0. The molecule has 2 aliphatic rings. The monoisotopic (exact) mass is 483 g/mol. The van der Waals surface area contributed by atoms with Gasteiger partial charge in [0.15, 0.2) is 17.3 Å². The minimum absolute atomic E-state index is 0.0389. The number of hydrogen-bond acceptors (Lipinski definition) is 9. The van der Waals surface area contributed by atoms with Gasteiger partial charge in [0.2, 0.25) is 16.8 Å². The first-order chi connectivity index (χ1) is 16.3. The summed E-state index contributed by atoms with van der Waals surface area (Å²) in [6.45, 7) is 3.14. The second-order valence-corrected chi connectivity index (χ2v) is 9.85. The van der Waals surface area contributed by atoms with Crippen molar-refractivity contribution in [3.05, 3.63) is 64.2 Å². The van der Waals surface area contributed by atoms with E-state index < -0.39 is 14.9 Å². The van der Waals surface area contributed by atoms with Gasteiger partial charge in [0.1, 0.15) is 0 Å². The number of nitro groups is 1. The Labute approximate surface area is 195 Å². The molecule has 2 aromatic carbocycles. The maximum atomic E-state index is 13.1. The molecule has 176 valence electrons. The number of nitro benzene ring substituents is 1. The largest absolute Gasteiger partial charge is 0.454 e. The molecule has 0 spiro atoms. The second-order valence-electron chi connectivity index (χ2n) is 7.94. The van der Waals surface area contributed by atoms with Crippen molar-refractivity contribution in [3.8, 4) is 22.8 Å². The number of nitrogens with zero attached hydrogens (tertiary/aromatic N) is 5. The number of piperazine rings is 1. The number of anilines is 1. The average molecular weight is 484 g/mol. The molecule has 0 amide bonds. The number of benzene rings is 2. The lowest BCUT2D eigenvalue weighted by atomic mass is 10.1. The number of non-ortho nitro benzene ring substituents is 1. The van der Waals surface area contributed by atoms with Crippen LogP contribution in [0.3, 0.4) is 0 Å². The summed E-state index contributed by atoms with van der Waals surface area (Å²) in [5, 5.41) is 19.7. The molecule has 2 aliphatic heterocycles. The number of aryl methyl sites for hydroxylation is 1. The number of ether oxygens (including phenoxy) is 2. The molecule has 0 unspecified atom stereocenters. The summed E-state index contributed by atoms with van der Waals surface area (Å²) >= 11 is 0. The van der Waals surface area contributed by atoms with Crippen molar-refractivity contribution in [2.24, 2.45) is 0 Å². The quantitative estimate of drug-likeness (QED) is 0.397. The summed E-state index contributed by atoms with van der Waals surface area (Å²) in [7, 11) is -3.86. The minimum atomic E-state index is -3.86. The Balaban J connectivity index is 1.28. The fraction of sp³-hybridized carbons (Fsp3) is 0.273. The highest BCUT2D eigenvalue weighted by Gasteiger charge is 2.31. The van der Waals surface area contributed by atoms with Gasteiger partial charge < -0.3 is 14.4 Å². The number of hydrogen-bond donors (Lipinski definition) is 0. The molecule has 0 radical (unpaired) electrons. The van der Waals surface area contributed by atoms with Crippen LogP contribution in [0.5, 0.6) is 11.5 Å². The van der Waals surface area contributed by atoms with Crippen LogP contribution in [-0.4, -0.2) is 60.8 Å². The van der Waals surface area contributed by atoms with Gasteiger partial charge in [-0.1, -0.05) is 6.07 Å². The Kier molecular flexibility index (Phi) is 5.54. The molecule has 11 nitrogen and oxygen atoms in total. The third kappa shape index (κ3) is 4.01. The molecule has 0 bridgehead atoms. The summed E-state index contributed by atoms with van der Waals surface area (Å²) in [4.78, 5) is 12.4. The lowest BCUT2D eigenvalue weighted by Gasteiger charge is -2.34. The second kappa shape index (κ2) is 8.54. The SMILES string of the molecule is Cc1ccc([N+](=O)[O-])cc1S(=O)(=O)N1CCN(c2ccc(-c3ccc4c(c3)OCO4)nn2)CC1. The molecule has 34 heavy (non-hydrogen) atoms.